The number of hydrogen-bond acceptors (Lipinski definition) is 6. The van der Waals surface area contributed by atoms with Gasteiger partial charge in [-0.15, -0.1) is 0 Å². The topological polar surface area (TPSA) is 133 Å². The van der Waals surface area contributed by atoms with Crippen LogP contribution < -0.4 is 10.6 Å². The van der Waals surface area contributed by atoms with Gasteiger partial charge in [0.1, 0.15) is 6.04 Å². The number of carboxylic acid groups (broad SMARTS) is 1. The van der Waals surface area contributed by atoms with E-state index in [2.05, 4.69) is 25.3 Å². The van der Waals surface area contributed by atoms with Gasteiger partial charge in [-0.3, -0.25) is 14.9 Å². The van der Waals surface area contributed by atoms with E-state index in [1.165, 1.54) is 19.6 Å². The quantitative estimate of drug-likeness (QED) is 0.417. The largest absolute Gasteiger partial charge is 0.480 e. The van der Waals surface area contributed by atoms with Crippen molar-refractivity contribution in [3.05, 3.63) is 18.2 Å². The van der Waals surface area contributed by atoms with Crippen LogP contribution in [0.4, 0.5) is 0 Å². The Morgan fingerprint density at radius 2 is 2.20 bits per heavy atom. The number of aromatic amines is 1. The van der Waals surface area contributed by atoms with E-state index in [0.717, 1.165) is 0 Å². The van der Waals surface area contributed by atoms with Crippen LogP contribution >= 0.6 is 0 Å². The number of carbonyl (C=O) groups excluding carboxylic acids is 2. The molecule has 4 N–H and O–H groups in total. The fourth-order valence-electron chi connectivity index (χ4n) is 1.48. The highest BCUT2D eigenvalue weighted by atomic mass is 16.5. The van der Waals surface area contributed by atoms with Crippen LogP contribution in [0.5, 0.6) is 0 Å². The normalized spacial score (nSPS) is 11.7. The van der Waals surface area contributed by atoms with Crippen molar-refractivity contribution < 1.29 is 24.2 Å². The smallest absolute Gasteiger partial charge is 0.328 e. The molecule has 0 aliphatic rings. The van der Waals surface area contributed by atoms with Gasteiger partial charge in [0, 0.05) is 18.3 Å². The molecule has 0 aliphatic heterocycles. The number of carboxylic acids is 1. The number of carbonyl (C=O) groups is 3. The van der Waals surface area contributed by atoms with Gasteiger partial charge in [0.2, 0.25) is 5.91 Å². The summed E-state index contributed by atoms with van der Waals surface area (Å²) in [5.41, 5.74) is 0.666. The Balaban J connectivity index is 2.49. The molecule has 0 radical (unpaired) electrons. The van der Waals surface area contributed by atoms with Gasteiger partial charge in [-0.05, 0) is 0 Å². The lowest BCUT2D eigenvalue weighted by molar-refractivity contribution is -0.145. The summed E-state index contributed by atoms with van der Waals surface area (Å²) in [5, 5.41) is 13.3. The van der Waals surface area contributed by atoms with E-state index in [0.29, 0.717) is 5.69 Å². The van der Waals surface area contributed by atoms with E-state index in [4.69, 9.17) is 5.11 Å². The molecule has 0 saturated heterocycles. The third kappa shape index (κ3) is 5.48. The lowest BCUT2D eigenvalue weighted by atomic mass is 10.1. The van der Waals surface area contributed by atoms with Gasteiger partial charge in [-0.1, -0.05) is 0 Å². The second-order valence-corrected chi connectivity index (χ2v) is 3.92. The Morgan fingerprint density at radius 1 is 1.45 bits per heavy atom. The first kappa shape index (κ1) is 15.6. The molecule has 1 aromatic heterocycles. The first-order valence-corrected chi connectivity index (χ1v) is 5.80. The van der Waals surface area contributed by atoms with Crippen molar-refractivity contribution in [2.75, 3.05) is 20.2 Å². The minimum absolute atomic E-state index is 0.206. The van der Waals surface area contributed by atoms with E-state index in [9.17, 15) is 14.4 Å². The van der Waals surface area contributed by atoms with Gasteiger partial charge in [0.25, 0.3) is 0 Å². The van der Waals surface area contributed by atoms with Gasteiger partial charge >= 0.3 is 11.9 Å². The molecule has 1 rings (SSSR count). The summed E-state index contributed by atoms with van der Waals surface area (Å²) in [6.45, 7) is -0.542. The summed E-state index contributed by atoms with van der Waals surface area (Å²) in [7, 11) is 1.22. The molecule has 1 atom stereocenters. The molecule has 1 aromatic rings. The standard InChI is InChI=1S/C11H16N4O5/c1-20-11(19)8(2-7-3-13-6-14-7)15-9(16)4-12-5-10(17)18/h3,6,8,12H,2,4-5H2,1H3,(H,13,14)(H,15,16)(H,17,18). The maximum Gasteiger partial charge on any atom is 0.328 e. The van der Waals surface area contributed by atoms with Gasteiger partial charge < -0.3 is 20.1 Å². The zero-order valence-corrected chi connectivity index (χ0v) is 10.9. The lowest BCUT2D eigenvalue weighted by Gasteiger charge is -2.15. The summed E-state index contributed by atoms with van der Waals surface area (Å²) in [5.74, 6) is -2.16. The number of ether oxygens (including phenoxy) is 1. The molecule has 0 spiro atoms. The van der Waals surface area contributed by atoms with Crippen molar-refractivity contribution >= 4 is 17.8 Å². The van der Waals surface area contributed by atoms with Crippen LogP contribution in [-0.4, -0.2) is 59.2 Å². The number of aromatic nitrogens is 2. The summed E-state index contributed by atoms with van der Waals surface area (Å²) in [6, 6.07) is -0.862. The molecule has 9 heteroatoms. The van der Waals surface area contributed by atoms with E-state index in [1.54, 1.807) is 0 Å². The maximum absolute atomic E-state index is 11.6. The van der Waals surface area contributed by atoms with Crippen molar-refractivity contribution in [3.63, 3.8) is 0 Å². The van der Waals surface area contributed by atoms with E-state index in [-0.39, 0.29) is 19.5 Å². The molecule has 1 unspecified atom stereocenters. The Kier molecular flexibility index (Phi) is 6.17. The van der Waals surface area contributed by atoms with Crippen molar-refractivity contribution in [1.82, 2.24) is 20.6 Å². The lowest BCUT2D eigenvalue weighted by Crippen LogP contribution is -2.46. The third-order valence-electron chi connectivity index (χ3n) is 2.36. The number of esters is 1. The average Bonchev–Trinajstić information content (AvgIpc) is 2.89. The summed E-state index contributed by atoms with van der Waals surface area (Å²) >= 11 is 0. The number of nitrogens with one attached hydrogen (secondary N) is 3. The van der Waals surface area contributed by atoms with Gasteiger partial charge in [0.05, 0.1) is 26.5 Å². The summed E-state index contributed by atoms with van der Waals surface area (Å²) in [6.07, 6.45) is 3.20. The minimum atomic E-state index is -1.07. The fourth-order valence-corrected chi connectivity index (χ4v) is 1.48. The Morgan fingerprint density at radius 3 is 2.75 bits per heavy atom. The number of rotatable bonds is 8. The predicted octanol–water partition coefficient (Wildman–Crippen LogP) is -1.72. The second-order valence-electron chi connectivity index (χ2n) is 3.92. The molecule has 1 heterocycles. The Labute approximate surface area is 114 Å². The summed E-state index contributed by atoms with van der Waals surface area (Å²) in [4.78, 5) is 40.1. The van der Waals surface area contributed by atoms with Crippen LogP contribution in [0.3, 0.4) is 0 Å². The second kappa shape index (κ2) is 7.89. The molecule has 20 heavy (non-hydrogen) atoms. The molecule has 0 saturated carbocycles. The zero-order valence-electron chi connectivity index (χ0n) is 10.9. The minimum Gasteiger partial charge on any atom is -0.480 e. The zero-order chi connectivity index (χ0) is 15.0. The SMILES string of the molecule is COC(=O)C(Cc1cnc[nH]1)NC(=O)CNCC(=O)O. The highest BCUT2D eigenvalue weighted by Gasteiger charge is 2.22. The van der Waals surface area contributed by atoms with Crippen molar-refractivity contribution in [2.24, 2.45) is 0 Å². The Hall–Kier alpha value is -2.42. The third-order valence-corrected chi connectivity index (χ3v) is 2.36. The average molecular weight is 284 g/mol. The van der Waals surface area contributed by atoms with Gasteiger partial charge in [-0.2, -0.15) is 0 Å². The number of amides is 1. The van der Waals surface area contributed by atoms with Crippen molar-refractivity contribution in [1.29, 1.82) is 0 Å². The number of nitrogens with zero attached hydrogens (tertiary/aromatic N) is 1. The van der Waals surface area contributed by atoms with E-state index >= 15 is 0 Å². The fraction of sp³-hybridized carbons (Fsp3) is 0.455. The number of imidazole rings is 1. The van der Waals surface area contributed by atoms with Crippen LogP contribution in [-0.2, 0) is 25.5 Å². The molecule has 0 aliphatic carbocycles. The van der Waals surface area contributed by atoms with Crippen LogP contribution in [0.15, 0.2) is 12.5 Å². The number of hydrogen-bond donors (Lipinski definition) is 4. The van der Waals surface area contributed by atoms with Crippen molar-refractivity contribution in [3.8, 4) is 0 Å². The highest BCUT2D eigenvalue weighted by Crippen LogP contribution is 2.00. The maximum atomic E-state index is 11.6. The molecular formula is C11H16N4O5. The van der Waals surface area contributed by atoms with Crippen LogP contribution in [0.2, 0.25) is 0 Å². The molecule has 1 amide bonds. The van der Waals surface area contributed by atoms with E-state index < -0.39 is 23.9 Å². The molecule has 0 fully saturated rings. The van der Waals surface area contributed by atoms with Gasteiger partial charge in [-0.25, -0.2) is 9.78 Å². The number of aliphatic carboxylic acids is 1. The van der Waals surface area contributed by atoms with Crippen molar-refractivity contribution in [2.45, 2.75) is 12.5 Å². The molecule has 0 bridgehead atoms. The summed E-state index contributed by atoms with van der Waals surface area (Å²) < 4.78 is 4.60. The molecular weight excluding hydrogens is 268 g/mol. The van der Waals surface area contributed by atoms with Crippen LogP contribution in [0.1, 0.15) is 5.69 Å². The molecule has 9 nitrogen and oxygen atoms in total. The Bertz CT molecular complexity index is 459. The van der Waals surface area contributed by atoms with Crippen LogP contribution in [0.25, 0.3) is 0 Å². The van der Waals surface area contributed by atoms with Gasteiger partial charge in [0.15, 0.2) is 0 Å². The monoisotopic (exact) mass is 284 g/mol. The predicted molar refractivity (Wildman–Crippen MR) is 66.7 cm³/mol. The van der Waals surface area contributed by atoms with Crippen LogP contribution in [0, 0.1) is 0 Å². The molecule has 110 valence electrons. The first-order chi connectivity index (χ1) is 9.52. The first-order valence-electron chi connectivity index (χ1n) is 5.80. The molecule has 0 aromatic carbocycles. The van der Waals surface area contributed by atoms with E-state index in [1.807, 2.05) is 0 Å². The number of H-pyrrole nitrogens is 1. The number of methoxy groups -OCH3 is 1. The highest BCUT2D eigenvalue weighted by molar-refractivity contribution is 5.85.